The zero-order valence-electron chi connectivity index (χ0n) is 13.9. The average molecular weight is 416 g/mol. The molecule has 0 aliphatic rings. The number of carbonyl (C=O) groups excluding carboxylic acids is 4. The number of methoxy groups -OCH3 is 3. The first-order valence-electron chi connectivity index (χ1n) is 7.13. The normalized spacial score (nSPS) is 12.5. The molecule has 1 aromatic carbocycles. The molecule has 0 aliphatic heterocycles. The number of benzene rings is 1. The Morgan fingerprint density at radius 3 is 2.20 bits per heavy atom. The molecule has 0 heterocycles. The lowest BCUT2D eigenvalue weighted by Gasteiger charge is -2.23. The number of rotatable bonds is 7. The molecule has 1 aromatic rings. The lowest BCUT2D eigenvalue weighted by Crippen LogP contribution is -2.50. The number of ether oxygens (including phenoxy) is 3. The van der Waals surface area contributed by atoms with E-state index >= 15 is 0 Å². The van der Waals surface area contributed by atoms with Crippen molar-refractivity contribution >= 4 is 39.7 Å². The van der Waals surface area contributed by atoms with E-state index < -0.39 is 42.2 Å². The molecule has 0 saturated carbocycles. The Hall–Kier alpha value is -2.42. The molecule has 136 valence electrons. The van der Waals surface area contributed by atoms with Crippen molar-refractivity contribution in [3.8, 4) is 0 Å². The molecule has 0 saturated heterocycles. The van der Waals surface area contributed by atoms with Crippen molar-refractivity contribution < 1.29 is 33.4 Å². The number of esters is 3. The summed E-state index contributed by atoms with van der Waals surface area (Å²) in [6, 6.07) is 5.02. The smallest absolute Gasteiger partial charge is 0.329 e. The van der Waals surface area contributed by atoms with Crippen LogP contribution < -0.4 is 5.32 Å². The standard InChI is InChI=1S/C16H18BrNO7/c1-23-12(19)8-11(15(21)24-2)13(16(22)25-3)18-14(20)9-5-4-6-10(17)7-9/h4-7,11,13H,8H2,1-3H3,(H,18,20)/t11-,13-/m0/s1. The highest BCUT2D eigenvalue weighted by Crippen LogP contribution is 2.16. The maximum absolute atomic E-state index is 12.4. The van der Waals surface area contributed by atoms with Gasteiger partial charge in [0.05, 0.1) is 33.7 Å². The van der Waals surface area contributed by atoms with Crippen LogP contribution in [0.25, 0.3) is 0 Å². The summed E-state index contributed by atoms with van der Waals surface area (Å²) in [5.41, 5.74) is 0.255. The lowest BCUT2D eigenvalue weighted by atomic mass is 9.95. The molecule has 1 amide bonds. The van der Waals surface area contributed by atoms with Crippen LogP contribution in [0, 0.1) is 5.92 Å². The van der Waals surface area contributed by atoms with Gasteiger partial charge in [0, 0.05) is 10.0 Å². The molecule has 25 heavy (non-hydrogen) atoms. The summed E-state index contributed by atoms with van der Waals surface area (Å²) < 4.78 is 14.5. The summed E-state index contributed by atoms with van der Waals surface area (Å²) in [6.45, 7) is 0. The van der Waals surface area contributed by atoms with Crippen LogP contribution in [0.15, 0.2) is 28.7 Å². The monoisotopic (exact) mass is 415 g/mol. The van der Waals surface area contributed by atoms with Gasteiger partial charge in [-0.2, -0.15) is 0 Å². The number of carbonyl (C=O) groups is 4. The molecule has 0 bridgehead atoms. The van der Waals surface area contributed by atoms with Crippen LogP contribution >= 0.6 is 15.9 Å². The van der Waals surface area contributed by atoms with Crippen molar-refractivity contribution in [2.75, 3.05) is 21.3 Å². The van der Waals surface area contributed by atoms with E-state index in [-0.39, 0.29) is 5.56 Å². The van der Waals surface area contributed by atoms with Crippen molar-refractivity contribution in [1.29, 1.82) is 0 Å². The summed E-state index contributed by atoms with van der Waals surface area (Å²) in [6.07, 6.45) is -0.457. The second-order valence-corrected chi connectivity index (χ2v) is 5.81. The third-order valence-corrected chi connectivity index (χ3v) is 3.84. The molecule has 1 rings (SSSR count). The number of hydrogen-bond acceptors (Lipinski definition) is 7. The van der Waals surface area contributed by atoms with E-state index in [0.29, 0.717) is 4.47 Å². The number of hydrogen-bond donors (Lipinski definition) is 1. The Morgan fingerprint density at radius 2 is 1.68 bits per heavy atom. The van der Waals surface area contributed by atoms with Gasteiger partial charge < -0.3 is 19.5 Å². The Kier molecular flexibility index (Phi) is 8.06. The van der Waals surface area contributed by atoms with E-state index in [9.17, 15) is 19.2 Å². The Balaban J connectivity index is 3.11. The molecule has 8 nitrogen and oxygen atoms in total. The fourth-order valence-electron chi connectivity index (χ4n) is 2.06. The van der Waals surface area contributed by atoms with E-state index in [1.165, 1.54) is 12.1 Å². The molecule has 9 heteroatoms. The van der Waals surface area contributed by atoms with Crippen LogP contribution in [0.3, 0.4) is 0 Å². The minimum atomic E-state index is -1.41. The summed E-state index contributed by atoms with van der Waals surface area (Å²) in [5, 5.41) is 2.41. The van der Waals surface area contributed by atoms with Crippen molar-refractivity contribution in [3.05, 3.63) is 34.3 Å². The topological polar surface area (TPSA) is 108 Å². The highest BCUT2D eigenvalue weighted by molar-refractivity contribution is 9.10. The number of amides is 1. The summed E-state index contributed by atoms with van der Waals surface area (Å²) in [4.78, 5) is 48.0. The highest BCUT2D eigenvalue weighted by Gasteiger charge is 2.38. The van der Waals surface area contributed by atoms with Crippen molar-refractivity contribution in [3.63, 3.8) is 0 Å². The van der Waals surface area contributed by atoms with Crippen LogP contribution in [0.1, 0.15) is 16.8 Å². The maximum atomic E-state index is 12.4. The molecular formula is C16H18BrNO7. The molecule has 0 aliphatic carbocycles. The van der Waals surface area contributed by atoms with Crippen molar-refractivity contribution in [2.45, 2.75) is 12.5 Å². The number of nitrogens with one attached hydrogen (secondary N) is 1. The lowest BCUT2D eigenvalue weighted by molar-refractivity contribution is -0.158. The van der Waals surface area contributed by atoms with Crippen LogP contribution in [-0.2, 0) is 28.6 Å². The van der Waals surface area contributed by atoms with Gasteiger partial charge in [0.2, 0.25) is 0 Å². The second kappa shape index (κ2) is 9.77. The van der Waals surface area contributed by atoms with Gasteiger partial charge in [0.25, 0.3) is 5.91 Å². The minimum Gasteiger partial charge on any atom is -0.469 e. The van der Waals surface area contributed by atoms with Crippen LogP contribution in [-0.4, -0.2) is 51.2 Å². The van der Waals surface area contributed by atoms with Gasteiger partial charge >= 0.3 is 17.9 Å². The van der Waals surface area contributed by atoms with Gasteiger partial charge in [-0.1, -0.05) is 22.0 Å². The predicted molar refractivity (Wildman–Crippen MR) is 89.6 cm³/mol. The summed E-state index contributed by atoms with van der Waals surface area (Å²) in [7, 11) is 3.36. The molecule has 0 spiro atoms. The van der Waals surface area contributed by atoms with Crippen LogP contribution in [0.4, 0.5) is 0 Å². The maximum Gasteiger partial charge on any atom is 0.329 e. The van der Waals surface area contributed by atoms with Gasteiger partial charge in [-0.05, 0) is 18.2 Å². The largest absolute Gasteiger partial charge is 0.469 e. The molecule has 2 atom stereocenters. The Bertz CT molecular complexity index is 662. The molecular weight excluding hydrogens is 398 g/mol. The Morgan fingerprint density at radius 1 is 1.04 bits per heavy atom. The van der Waals surface area contributed by atoms with Crippen LogP contribution in [0.2, 0.25) is 0 Å². The van der Waals surface area contributed by atoms with Gasteiger partial charge in [0.15, 0.2) is 0 Å². The first-order valence-corrected chi connectivity index (χ1v) is 7.92. The van der Waals surface area contributed by atoms with E-state index in [1.54, 1.807) is 12.1 Å². The van der Waals surface area contributed by atoms with Crippen molar-refractivity contribution in [1.82, 2.24) is 5.32 Å². The fraction of sp³-hybridized carbons (Fsp3) is 0.375. The van der Waals surface area contributed by atoms with Gasteiger partial charge in [-0.15, -0.1) is 0 Å². The Labute approximate surface area is 152 Å². The van der Waals surface area contributed by atoms with E-state index in [0.717, 1.165) is 21.3 Å². The highest BCUT2D eigenvalue weighted by atomic mass is 79.9. The zero-order chi connectivity index (χ0) is 19.0. The summed E-state index contributed by atoms with van der Waals surface area (Å²) in [5.74, 6) is -4.38. The van der Waals surface area contributed by atoms with Crippen molar-refractivity contribution in [2.24, 2.45) is 5.92 Å². The number of halogens is 1. The molecule has 0 radical (unpaired) electrons. The first kappa shape index (κ1) is 20.6. The zero-order valence-corrected chi connectivity index (χ0v) is 15.5. The molecule has 1 N–H and O–H groups in total. The second-order valence-electron chi connectivity index (χ2n) is 4.89. The van der Waals surface area contributed by atoms with E-state index in [1.807, 2.05) is 0 Å². The molecule has 0 unspecified atom stereocenters. The first-order chi connectivity index (χ1) is 11.8. The third kappa shape index (κ3) is 5.86. The minimum absolute atomic E-state index is 0.255. The third-order valence-electron chi connectivity index (χ3n) is 3.35. The average Bonchev–Trinajstić information content (AvgIpc) is 2.62. The quantitative estimate of drug-likeness (QED) is 0.523. The molecule has 0 fully saturated rings. The van der Waals surface area contributed by atoms with Crippen LogP contribution in [0.5, 0.6) is 0 Å². The van der Waals surface area contributed by atoms with Gasteiger partial charge in [-0.25, -0.2) is 4.79 Å². The summed E-state index contributed by atoms with van der Waals surface area (Å²) >= 11 is 3.24. The molecule has 0 aromatic heterocycles. The van der Waals surface area contributed by atoms with Gasteiger partial charge in [0.1, 0.15) is 6.04 Å². The van der Waals surface area contributed by atoms with E-state index in [4.69, 9.17) is 0 Å². The SMILES string of the molecule is COC(=O)C[C@H](C(=O)OC)[C@H](NC(=O)c1cccc(Br)c1)C(=O)OC. The fourth-order valence-corrected chi connectivity index (χ4v) is 2.46. The predicted octanol–water partition coefficient (Wildman–Crippen LogP) is 1.07. The van der Waals surface area contributed by atoms with E-state index in [2.05, 4.69) is 35.5 Å². The van der Waals surface area contributed by atoms with Gasteiger partial charge in [-0.3, -0.25) is 14.4 Å².